The summed E-state index contributed by atoms with van der Waals surface area (Å²) in [6.45, 7) is 2.92. The van der Waals surface area contributed by atoms with Gasteiger partial charge in [0.15, 0.2) is 0 Å². The minimum absolute atomic E-state index is 0.000614. The van der Waals surface area contributed by atoms with E-state index >= 15 is 0 Å². The number of nitriles is 1. The summed E-state index contributed by atoms with van der Waals surface area (Å²) >= 11 is 1.50. The van der Waals surface area contributed by atoms with Gasteiger partial charge in [-0.05, 0) is 36.8 Å². The highest BCUT2D eigenvalue weighted by atomic mass is 32.1. The van der Waals surface area contributed by atoms with Crippen LogP contribution in [0.15, 0.2) is 53.9 Å². The van der Waals surface area contributed by atoms with Gasteiger partial charge in [0.2, 0.25) is 5.91 Å². The number of rotatable bonds is 7. The number of nitrogens with zero attached hydrogens (tertiary/aromatic N) is 3. The van der Waals surface area contributed by atoms with Gasteiger partial charge in [0, 0.05) is 19.0 Å². The van der Waals surface area contributed by atoms with E-state index in [1.54, 1.807) is 24.1 Å². The molecule has 0 saturated carbocycles. The van der Waals surface area contributed by atoms with Gasteiger partial charge in [0.25, 0.3) is 0 Å². The van der Waals surface area contributed by atoms with Crippen LogP contribution in [0.3, 0.4) is 0 Å². The number of benzene rings is 2. The topological polar surface area (TPSA) is 66.2 Å². The number of hydrogen-bond donors (Lipinski definition) is 0. The van der Waals surface area contributed by atoms with Gasteiger partial charge in [0.05, 0.1) is 23.7 Å². The third kappa shape index (κ3) is 5.41. The number of carbonyl (C=O) groups is 1. The molecule has 28 heavy (non-hydrogen) atoms. The van der Waals surface area contributed by atoms with Crippen molar-refractivity contribution in [3.63, 3.8) is 0 Å². The van der Waals surface area contributed by atoms with Crippen LogP contribution in [0.25, 0.3) is 0 Å². The van der Waals surface area contributed by atoms with Crippen LogP contribution in [0.1, 0.15) is 27.4 Å². The van der Waals surface area contributed by atoms with Crippen molar-refractivity contribution in [2.24, 2.45) is 0 Å². The maximum absolute atomic E-state index is 12.5. The molecule has 0 radical (unpaired) electrons. The first-order chi connectivity index (χ1) is 13.5. The fourth-order valence-electron chi connectivity index (χ4n) is 2.61. The summed E-state index contributed by atoms with van der Waals surface area (Å²) in [6.07, 6.45) is 0.258. The highest BCUT2D eigenvalue weighted by Crippen LogP contribution is 2.17. The predicted molar refractivity (Wildman–Crippen MR) is 109 cm³/mol. The lowest BCUT2D eigenvalue weighted by Crippen LogP contribution is -2.27. The molecule has 2 aromatic carbocycles. The van der Waals surface area contributed by atoms with Crippen LogP contribution in [0, 0.1) is 18.3 Å². The smallest absolute Gasteiger partial charge is 0.228 e. The fraction of sp³-hybridized carbons (Fsp3) is 0.227. The summed E-state index contributed by atoms with van der Waals surface area (Å²) in [5, 5.41) is 11.6. The van der Waals surface area contributed by atoms with Crippen LogP contribution in [0.5, 0.6) is 5.75 Å². The molecular formula is C22H21N3O2S. The second-order valence-electron chi connectivity index (χ2n) is 6.57. The Hall–Kier alpha value is -3.17. The third-order valence-corrected chi connectivity index (χ3v) is 5.11. The second-order valence-corrected chi connectivity index (χ2v) is 7.51. The zero-order valence-corrected chi connectivity index (χ0v) is 16.7. The number of likely N-dealkylation sites (N-methyl/N-ethyl adjacent to an activating group) is 1. The standard InChI is InChI=1S/C22H21N3O2S/c1-16-3-9-20(10-4-16)27-14-21-24-19(15-28-21)11-22(26)25(2)13-18-7-5-17(12-23)6-8-18/h3-10,15H,11,13-14H2,1-2H3. The summed E-state index contributed by atoms with van der Waals surface area (Å²) < 4.78 is 5.74. The lowest BCUT2D eigenvalue weighted by Gasteiger charge is -2.16. The molecule has 1 amide bonds. The Morgan fingerprint density at radius 2 is 1.89 bits per heavy atom. The molecule has 0 aliphatic rings. The first kappa shape index (κ1) is 19.6. The molecule has 3 aromatic rings. The Labute approximate surface area is 168 Å². The van der Waals surface area contributed by atoms with Crippen LogP contribution in [-0.4, -0.2) is 22.8 Å². The average Bonchev–Trinajstić information content (AvgIpc) is 3.15. The van der Waals surface area contributed by atoms with E-state index < -0.39 is 0 Å². The maximum atomic E-state index is 12.5. The maximum Gasteiger partial charge on any atom is 0.228 e. The molecule has 1 aromatic heterocycles. The Morgan fingerprint density at radius 1 is 1.18 bits per heavy atom. The minimum Gasteiger partial charge on any atom is -0.486 e. The van der Waals surface area contributed by atoms with Crippen molar-refractivity contribution in [3.05, 3.63) is 81.3 Å². The van der Waals surface area contributed by atoms with Crippen LogP contribution in [0.4, 0.5) is 0 Å². The quantitative estimate of drug-likeness (QED) is 0.608. The van der Waals surface area contributed by atoms with Crippen molar-refractivity contribution in [1.29, 1.82) is 5.26 Å². The lowest BCUT2D eigenvalue weighted by atomic mass is 10.1. The molecule has 1 heterocycles. The van der Waals surface area contributed by atoms with Gasteiger partial charge in [-0.3, -0.25) is 4.79 Å². The molecule has 0 bridgehead atoms. The van der Waals surface area contributed by atoms with Crippen LogP contribution >= 0.6 is 11.3 Å². The van der Waals surface area contributed by atoms with Gasteiger partial charge in [-0.1, -0.05) is 29.8 Å². The largest absolute Gasteiger partial charge is 0.486 e. The van der Waals surface area contributed by atoms with E-state index in [2.05, 4.69) is 11.1 Å². The van der Waals surface area contributed by atoms with E-state index in [-0.39, 0.29) is 12.3 Å². The van der Waals surface area contributed by atoms with E-state index in [1.165, 1.54) is 16.9 Å². The van der Waals surface area contributed by atoms with Crippen molar-refractivity contribution < 1.29 is 9.53 Å². The first-order valence-electron chi connectivity index (χ1n) is 8.89. The van der Waals surface area contributed by atoms with Crippen molar-refractivity contribution in [2.45, 2.75) is 26.5 Å². The summed E-state index contributed by atoms with van der Waals surface area (Å²) in [7, 11) is 1.77. The van der Waals surface area contributed by atoms with Crippen LogP contribution in [-0.2, 0) is 24.4 Å². The Bertz CT molecular complexity index is 972. The van der Waals surface area contributed by atoms with Gasteiger partial charge in [-0.2, -0.15) is 5.26 Å². The third-order valence-electron chi connectivity index (χ3n) is 4.24. The minimum atomic E-state index is 0.000614. The van der Waals surface area contributed by atoms with E-state index in [0.29, 0.717) is 18.7 Å². The number of carbonyl (C=O) groups excluding carboxylic acids is 1. The molecule has 5 nitrogen and oxygen atoms in total. The van der Waals surface area contributed by atoms with Crippen molar-refractivity contribution >= 4 is 17.2 Å². The van der Waals surface area contributed by atoms with Gasteiger partial charge < -0.3 is 9.64 Å². The van der Waals surface area contributed by atoms with Crippen LogP contribution < -0.4 is 4.74 Å². The molecule has 0 spiro atoms. The van der Waals surface area contributed by atoms with E-state index in [1.807, 2.05) is 48.7 Å². The zero-order valence-electron chi connectivity index (χ0n) is 15.9. The Balaban J connectivity index is 1.51. The lowest BCUT2D eigenvalue weighted by molar-refractivity contribution is -0.129. The first-order valence-corrected chi connectivity index (χ1v) is 9.77. The number of aryl methyl sites for hydroxylation is 1. The Morgan fingerprint density at radius 3 is 2.57 bits per heavy atom. The van der Waals surface area contributed by atoms with E-state index in [0.717, 1.165) is 22.0 Å². The number of thiazole rings is 1. The molecule has 0 atom stereocenters. The Kier molecular flexibility index (Phi) is 6.41. The van der Waals surface area contributed by atoms with E-state index in [9.17, 15) is 4.79 Å². The SMILES string of the molecule is Cc1ccc(OCc2nc(CC(=O)N(C)Cc3ccc(C#N)cc3)cs2)cc1. The monoisotopic (exact) mass is 391 g/mol. The van der Waals surface area contributed by atoms with Gasteiger partial charge >= 0.3 is 0 Å². The van der Waals surface area contributed by atoms with Gasteiger partial charge in [-0.15, -0.1) is 11.3 Å². The molecular weight excluding hydrogens is 370 g/mol. The van der Waals surface area contributed by atoms with Crippen molar-refractivity contribution in [1.82, 2.24) is 9.88 Å². The fourth-order valence-corrected chi connectivity index (χ4v) is 3.32. The number of amides is 1. The molecule has 0 unspecified atom stereocenters. The van der Waals surface area contributed by atoms with E-state index in [4.69, 9.17) is 10.00 Å². The van der Waals surface area contributed by atoms with Crippen molar-refractivity contribution in [3.8, 4) is 11.8 Å². The molecule has 0 N–H and O–H groups in total. The predicted octanol–water partition coefficient (Wildman–Crippen LogP) is 4.10. The molecule has 142 valence electrons. The molecule has 0 aliphatic heterocycles. The summed E-state index contributed by atoms with van der Waals surface area (Å²) in [5.41, 5.74) is 3.54. The summed E-state index contributed by atoms with van der Waals surface area (Å²) in [4.78, 5) is 18.6. The second kappa shape index (κ2) is 9.16. The highest BCUT2D eigenvalue weighted by molar-refractivity contribution is 7.09. The molecule has 0 aliphatic carbocycles. The number of ether oxygens (including phenoxy) is 1. The van der Waals surface area contributed by atoms with Gasteiger partial charge in [-0.25, -0.2) is 4.98 Å². The molecule has 6 heteroatoms. The zero-order chi connectivity index (χ0) is 19.9. The molecule has 0 fully saturated rings. The molecule has 3 rings (SSSR count). The van der Waals surface area contributed by atoms with Crippen LogP contribution in [0.2, 0.25) is 0 Å². The van der Waals surface area contributed by atoms with Crippen molar-refractivity contribution in [2.75, 3.05) is 7.05 Å². The number of hydrogen-bond acceptors (Lipinski definition) is 5. The molecule has 0 saturated heterocycles. The average molecular weight is 391 g/mol. The number of aromatic nitrogens is 1. The summed E-state index contributed by atoms with van der Waals surface area (Å²) in [6, 6.07) is 17.2. The summed E-state index contributed by atoms with van der Waals surface area (Å²) in [5.74, 6) is 0.807. The highest BCUT2D eigenvalue weighted by Gasteiger charge is 2.13. The normalized spacial score (nSPS) is 10.3. The van der Waals surface area contributed by atoms with Gasteiger partial charge in [0.1, 0.15) is 17.4 Å².